The number of amides is 1. The molecule has 1 aliphatic heterocycles. The van der Waals surface area contributed by atoms with Crippen molar-refractivity contribution in [2.45, 2.75) is 26.7 Å². The quantitative estimate of drug-likeness (QED) is 0.657. The number of ether oxygens (including phenoxy) is 1. The van der Waals surface area contributed by atoms with E-state index in [4.69, 9.17) is 4.74 Å². The molecule has 1 saturated heterocycles. The van der Waals surface area contributed by atoms with Crippen molar-refractivity contribution in [3.63, 3.8) is 0 Å². The fourth-order valence-corrected chi connectivity index (χ4v) is 4.02. The van der Waals surface area contributed by atoms with Crippen LogP contribution in [0.2, 0.25) is 0 Å². The van der Waals surface area contributed by atoms with Crippen molar-refractivity contribution < 1.29 is 9.53 Å². The number of piperidine rings is 1. The van der Waals surface area contributed by atoms with E-state index in [1.54, 1.807) is 7.11 Å². The van der Waals surface area contributed by atoms with Crippen LogP contribution in [0.3, 0.4) is 0 Å². The first-order valence-electron chi connectivity index (χ1n) is 10.7. The fraction of sp³-hybridized carbons (Fsp3) is 0.320. The van der Waals surface area contributed by atoms with Crippen LogP contribution in [-0.2, 0) is 4.79 Å². The second kappa shape index (κ2) is 9.16. The van der Waals surface area contributed by atoms with Gasteiger partial charge in [0.25, 0.3) is 0 Å². The maximum absolute atomic E-state index is 12.8. The second-order valence-electron chi connectivity index (χ2n) is 8.05. The fourth-order valence-electron chi connectivity index (χ4n) is 4.02. The number of anilines is 2. The predicted molar refractivity (Wildman–Crippen MR) is 124 cm³/mol. The van der Waals surface area contributed by atoms with E-state index in [1.165, 1.54) is 5.56 Å². The smallest absolute Gasteiger partial charge is 0.227 e. The molecule has 1 aromatic heterocycles. The highest BCUT2D eigenvalue weighted by Crippen LogP contribution is 2.28. The maximum atomic E-state index is 12.8. The third kappa shape index (κ3) is 4.68. The van der Waals surface area contributed by atoms with Crippen molar-refractivity contribution in [1.29, 1.82) is 0 Å². The highest BCUT2D eigenvalue weighted by atomic mass is 16.5. The van der Waals surface area contributed by atoms with Gasteiger partial charge >= 0.3 is 0 Å². The number of hydrogen-bond acceptors (Lipinski definition) is 5. The van der Waals surface area contributed by atoms with Crippen LogP contribution >= 0.6 is 0 Å². The highest BCUT2D eigenvalue weighted by molar-refractivity contribution is 5.94. The molecule has 1 N–H and O–H groups in total. The summed E-state index contributed by atoms with van der Waals surface area (Å²) in [4.78, 5) is 15.0. The molecule has 2 aromatic carbocycles. The number of carbonyl (C=O) groups is 1. The zero-order valence-corrected chi connectivity index (χ0v) is 18.3. The van der Waals surface area contributed by atoms with Crippen molar-refractivity contribution in [2.24, 2.45) is 5.92 Å². The summed E-state index contributed by atoms with van der Waals surface area (Å²) in [6, 6.07) is 18.0. The summed E-state index contributed by atoms with van der Waals surface area (Å²) in [6.07, 6.45) is 1.56. The molecule has 4 rings (SSSR count). The van der Waals surface area contributed by atoms with Crippen molar-refractivity contribution in [3.8, 4) is 17.0 Å². The molecule has 1 aliphatic rings. The average molecular weight is 417 g/mol. The molecule has 160 valence electrons. The first-order chi connectivity index (χ1) is 15.0. The number of aromatic nitrogens is 2. The summed E-state index contributed by atoms with van der Waals surface area (Å²) in [5.41, 5.74) is 4.97. The van der Waals surface area contributed by atoms with E-state index in [1.807, 2.05) is 49.4 Å². The Kier molecular flexibility index (Phi) is 6.16. The van der Waals surface area contributed by atoms with Gasteiger partial charge in [0.1, 0.15) is 5.75 Å². The van der Waals surface area contributed by atoms with E-state index >= 15 is 0 Å². The molecule has 0 unspecified atom stereocenters. The largest absolute Gasteiger partial charge is 0.495 e. The summed E-state index contributed by atoms with van der Waals surface area (Å²) in [5.74, 6) is 1.56. The molecule has 2 heterocycles. The van der Waals surface area contributed by atoms with Gasteiger partial charge in [-0.2, -0.15) is 0 Å². The van der Waals surface area contributed by atoms with E-state index < -0.39 is 0 Å². The molecular weight excluding hydrogens is 388 g/mol. The van der Waals surface area contributed by atoms with Gasteiger partial charge in [0, 0.05) is 24.6 Å². The van der Waals surface area contributed by atoms with Crippen LogP contribution in [0.15, 0.2) is 54.6 Å². The molecule has 0 spiro atoms. The van der Waals surface area contributed by atoms with Crippen LogP contribution in [0.25, 0.3) is 11.3 Å². The van der Waals surface area contributed by atoms with Crippen molar-refractivity contribution in [2.75, 3.05) is 30.4 Å². The van der Waals surface area contributed by atoms with Gasteiger partial charge in [-0.05, 0) is 62.1 Å². The van der Waals surface area contributed by atoms with Crippen molar-refractivity contribution >= 4 is 17.4 Å². The summed E-state index contributed by atoms with van der Waals surface area (Å²) in [5, 5.41) is 11.9. The zero-order chi connectivity index (χ0) is 21.8. The minimum Gasteiger partial charge on any atom is -0.495 e. The molecule has 31 heavy (non-hydrogen) atoms. The minimum absolute atomic E-state index is 0.0272. The Bertz CT molecular complexity index is 1060. The number of nitrogens with zero attached hydrogens (tertiary/aromatic N) is 3. The summed E-state index contributed by atoms with van der Waals surface area (Å²) in [7, 11) is 1.62. The predicted octanol–water partition coefficient (Wildman–Crippen LogP) is 4.62. The van der Waals surface area contributed by atoms with Crippen LogP contribution in [0.5, 0.6) is 5.75 Å². The number of rotatable bonds is 5. The number of hydrogen-bond donors (Lipinski definition) is 1. The van der Waals surface area contributed by atoms with Crippen LogP contribution in [-0.4, -0.2) is 36.3 Å². The molecule has 0 atom stereocenters. The molecule has 1 fully saturated rings. The first-order valence-corrected chi connectivity index (χ1v) is 10.7. The van der Waals surface area contributed by atoms with Gasteiger partial charge < -0.3 is 15.0 Å². The van der Waals surface area contributed by atoms with Crippen LogP contribution in [0.1, 0.15) is 24.0 Å². The number of nitrogens with one attached hydrogen (secondary N) is 1. The van der Waals surface area contributed by atoms with Crippen LogP contribution in [0.4, 0.5) is 11.5 Å². The Balaban J connectivity index is 1.37. The molecule has 0 saturated carbocycles. The Morgan fingerprint density at radius 2 is 1.81 bits per heavy atom. The normalized spacial score (nSPS) is 14.4. The molecule has 6 nitrogen and oxygen atoms in total. The molecule has 0 bridgehead atoms. The summed E-state index contributed by atoms with van der Waals surface area (Å²) in [6.45, 7) is 5.63. The molecule has 0 aliphatic carbocycles. The van der Waals surface area contributed by atoms with Gasteiger partial charge in [-0.1, -0.05) is 30.3 Å². The number of aryl methyl sites for hydroxylation is 2. The summed E-state index contributed by atoms with van der Waals surface area (Å²) < 4.78 is 5.37. The van der Waals surface area contributed by atoms with Gasteiger partial charge in [-0.15, -0.1) is 10.2 Å². The Hall–Kier alpha value is -3.41. The molecule has 0 radical (unpaired) electrons. The topological polar surface area (TPSA) is 67.3 Å². The average Bonchev–Trinajstić information content (AvgIpc) is 2.80. The van der Waals surface area contributed by atoms with E-state index in [0.29, 0.717) is 5.75 Å². The zero-order valence-electron chi connectivity index (χ0n) is 18.3. The standard InChI is InChI=1S/C25H28N4O2/c1-17-8-10-23(31-3)22(16-17)26-25(30)19-12-14-29(15-13-19)24-11-9-21(27-28-24)20-7-5-4-6-18(20)2/h4-11,16,19H,12-15H2,1-3H3,(H,26,30). The molecule has 1 amide bonds. The van der Waals surface area contributed by atoms with E-state index in [9.17, 15) is 4.79 Å². The van der Waals surface area contributed by atoms with Crippen molar-refractivity contribution in [3.05, 3.63) is 65.7 Å². The highest BCUT2D eigenvalue weighted by Gasteiger charge is 2.26. The van der Waals surface area contributed by atoms with Gasteiger partial charge in [0.05, 0.1) is 18.5 Å². The monoisotopic (exact) mass is 416 g/mol. The third-order valence-corrected chi connectivity index (χ3v) is 5.87. The van der Waals surface area contributed by atoms with Gasteiger partial charge in [0.15, 0.2) is 5.82 Å². The lowest BCUT2D eigenvalue weighted by atomic mass is 9.95. The van der Waals surface area contributed by atoms with E-state index in [2.05, 4.69) is 39.5 Å². The molecule has 6 heteroatoms. The van der Waals surface area contributed by atoms with Gasteiger partial charge in [0.2, 0.25) is 5.91 Å². The second-order valence-corrected chi connectivity index (χ2v) is 8.05. The van der Waals surface area contributed by atoms with Gasteiger partial charge in [-0.25, -0.2) is 0 Å². The molecular formula is C25H28N4O2. The van der Waals surface area contributed by atoms with Crippen molar-refractivity contribution in [1.82, 2.24) is 10.2 Å². The lowest BCUT2D eigenvalue weighted by Gasteiger charge is -2.32. The third-order valence-electron chi connectivity index (χ3n) is 5.87. The minimum atomic E-state index is -0.0272. The summed E-state index contributed by atoms with van der Waals surface area (Å²) >= 11 is 0. The maximum Gasteiger partial charge on any atom is 0.227 e. The van der Waals surface area contributed by atoms with E-state index in [0.717, 1.165) is 54.3 Å². The molecule has 3 aromatic rings. The Morgan fingerprint density at radius 3 is 2.48 bits per heavy atom. The lowest BCUT2D eigenvalue weighted by Crippen LogP contribution is -2.38. The Labute approximate surface area is 183 Å². The van der Waals surface area contributed by atoms with E-state index in [-0.39, 0.29) is 11.8 Å². The first kappa shape index (κ1) is 20.8. The number of carbonyl (C=O) groups excluding carboxylic acids is 1. The van der Waals surface area contributed by atoms with Crippen LogP contribution in [0, 0.1) is 19.8 Å². The number of benzene rings is 2. The number of methoxy groups -OCH3 is 1. The SMILES string of the molecule is COc1ccc(C)cc1NC(=O)C1CCN(c2ccc(-c3ccccc3C)nn2)CC1. The van der Waals surface area contributed by atoms with Gasteiger partial charge in [-0.3, -0.25) is 4.79 Å². The Morgan fingerprint density at radius 1 is 1.03 bits per heavy atom. The van der Waals surface area contributed by atoms with Crippen LogP contribution < -0.4 is 15.0 Å². The lowest BCUT2D eigenvalue weighted by molar-refractivity contribution is -0.120.